The summed E-state index contributed by atoms with van der Waals surface area (Å²) < 4.78 is 38.4. The first kappa shape index (κ1) is 17.6. The van der Waals surface area contributed by atoms with Gasteiger partial charge in [0.15, 0.2) is 5.16 Å². The Labute approximate surface area is 134 Å². The summed E-state index contributed by atoms with van der Waals surface area (Å²) in [5.41, 5.74) is 0. The number of thioether (sulfide) groups is 1. The van der Waals surface area contributed by atoms with E-state index in [0.29, 0.717) is 0 Å². The second kappa shape index (κ2) is 7.20. The standard InChI is InChI=1S/C12H16F3N5O2S/c1-20-9(12(13,14)15)18-19-11(20)23-6-8(21)17-10(22)16-7-4-2-3-5-7/h7H,2-6H2,1H3,(H2,16,17,21,22). The van der Waals surface area contributed by atoms with Crippen LogP contribution in [0.15, 0.2) is 5.16 Å². The van der Waals surface area contributed by atoms with Gasteiger partial charge in [0.05, 0.1) is 5.75 Å². The molecule has 1 aliphatic carbocycles. The predicted octanol–water partition coefficient (Wildman–Crippen LogP) is 1.69. The lowest BCUT2D eigenvalue weighted by atomic mass is 10.2. The van der Waals surface area contributed by atoms with Crippen molar-refractivity contribution >= 4 is 23.7 Å². The van der Waals surface area contributed by atoms with E-state index in [1.165, 1.54) is 0 Å². The molecule has 0 bridgehead atoms. The molecule has 0 radical (unpaired) electrons. The SMILES string of the molecule is Cn1c(SCC(=O)NC(=O)NC2CCCC2)nnc1C(F)(F)F. The van der Waals surface area contributed by atoms with Crippen LogP contribution in [-0.2, 0) is 18.0 Å². The van der Waals surface area contributed by atoms with Gasteiger partial charge in [-0.05, 0) is 12.8 Å². The van der Waals surface area contributed by atoms with Crippen LogP contribution in [0, 0.1) is 0 Å². The molecule has 1 aromatic rings. The van der Waals surface area contributed by atoms with Crippen molar-refractivity contribution in [3.63, 3.8) is 0 Å². The van der Waals surface area contributed by atoms with Crippen molar-refractivity contribution < 1.29 is 22.8 Å². The molecule has 0 aromatic carbocycles. The van der Waals surface area contributed by atoms with E-state index in [1.54, 1.807) is 0 Å². The summed E-state index contributed by atoms with van der Waals surface area (Å²) in [7, 11) is 1.16. The molecule has 23 heavy (non-hydrogen) atoms. The first-order valence-electron chi connectivity index (χ1n) is 6.97. The third kappa shape index (κ3) is 4.85. The van der Waals surface area contributed by atoms with E-state index in [9.17, 15) is 22.8 Å². The van der Waals surface area contributed by atoms with Crippen molar-refractivity contribution in [2.24, 2.45) is 7.05 Å². The molecule has 0 unspecified atom stereocenters. The number of aromatic nitrogens is 3. The van der Waals surface area contributed by atoms with Crippen LogP contribution in [0.4, 0.5) is 18.0 Å². The number of urea groups is 1. The van der Waals surface area contributed by atoms with Gasteiger partial charge in [0.2, 0.25) is 11.7 Å². The second-order valence-corrected chi connectivity index (χ2v) is 6.10. The molecule has 7 nitrogen and oxygen atoms in total. The average molecular weight is 351 g/mol. The number of carbonyl (C=O) groups excluding carboxylic acids is 2. The topological polar surface area (TPSA) is 88.9 Å². The molecule has 1 heterocycles. The fraction of sp³-hybridized carbons (Fsp3) is 0.667. The van der Waals surface area contributed by atoms with Crippen molar-refractivity contribution in [3.05, 3.63) is 5.82 Å². The zero-order valence-electron chi connectivity index (χ0n) is 12.3. The monoisotopic (exact) mass is 351 g/mol. The van der Waals surface area contributed by atoms with Gasteiger partial charge in [-0.25, -0.2) is 4.79 Å². The van der Waals surface area contributed by atoms with Gasteiger partial charge in [-0.2, -0.15) is 13.2 Å². The van der Waals surface area contributed by atoms with Crippen LogP contribution in [0.5, 0.6) is 0 Å². The van der Waals surface area contributed by atoms with Crippen molar-refractivity contribution in [1.82, 2.24) is 25.4 Å². The predicted molar refractivity (Wildman–Crippen MR) is 75.7 cm³/mol. The fourth-order valence-electron chi connectivity index (χ4n) is 2.27. The minimum Gasteiger partial charge on any atom is -0.335 e. The van der Waals surface area contributed by atoms with Crippen LogP contribution in [0.2, 0.25) is 0 Å². The van der Waals surface area contributed by atoms with E-state index in [0.717, 1.165) is 49.1 Å². The molecule has 3 amide bonds. The Bertz CT molecular complexity index is 584. The summed E-state index contributed by atoms with van der Waals surface area (Å²) in [6.07, 6.45) is -0.750. The van der Waals surface area contributed by atoms with E-state index < -0.39 is 23.9 Å². The normalized spacial score (nSPS) is 15.7. The highest BCUT2D eigenvalue weighted by Crippen LogP contribution is 2.29. The van der Waals surface area contributed by atoms with E-state index in [2.05, 4.69) is 20.8 Å². The second-order valence-electron chi connectivity index (χ2n) is 5.15. The number of imide groups is 1. The maximum absolute atomic E-state index is 12.6. The number of rotatable bonds is 4. The quantitative estimate of drug-likeness (QED) is 0.806. The molecule has 0 atom stereocenters. The van der Waals surface area contributed by atoms with Gasteiger partial charge < -0.3 is 9.88 Å². The number of carbonyl (C=O) groups is 2. The summed E-state index contributed by atoms with van der Waals surface area (Å²) >= 11 is 0.774. The summed E-state index contributed by atoms with van der Waals surface area (Å²) in [4.78, 5) is 23.2. The summed E-state index contributed by atoms with van der Waals surface area (Å²) in [6.45, 7) is 0. The summed E-state index contributed by atoms with van der Waals surface area (Å²) in [5, 5.41) is 11.2. The molecule has 0 aliphatic heterocycles. The van der Waals surface area contributed by atoms with Crippen molar-refractivity contribution in [1.29, 1.82) is 0 Å². The van der Waals surface area contributed by atoms with Crippen molar-refractivity contribution in [2.45, 2.75) is 43.1 Å². The molecule has 2 N–H and O–H groups in total. The molecule has 0 spiro atoms. The van der Waals surface area contributed by atoms with Gasteiger partial charge in [-0.3, -0.25) is 10.1 Å². The third-order valence-electron chi connectivity index (χ3n) is 3.36. The highest BCUT2D eigenvalue weighted by Gasteiger charge is 2.37. The first-order valence-corrected chi connectivity index (χ1v) is 7.95. The molecule has 0 saturated heterocycles. The Morgan fingerprint density at radius 2 is 1.96 bits per heavy atom. The zero-order chi connectivity index (χ0) is 17.0. The van der Waals surface area contributed by atoms with E-state index in [4.69, 9.17) is 0 Å². The van der Waals surface area contributed by atoms with Gasteiger partial charge in [-0.1, -0.05) is 24.6 Å². The molecule has 1 saturated carbocycles. The number of halogens is 3. The van der Waals surface area contributed by atoms with Crippen LogP contribution in [0.25, 0.3) is 0 Å². The van der Waals surface area contributed by atoms with Crippen LogP contribution in [0.3, 0.4) is 0 Å². The maximum Gasteiger partial charge on any atom is 0.451 e. The zero-order valence-corrected chi connectivity index (χ0v) is 13.1. The third-order valence-corrected chi connectivity index (χ3v) is 4.38. The van der Waals surface area contributed by atoms with E-state index in [1.807, 2.05) is 0 Å². The lowest BCUT2D eigenvalue weighted by Crippen LogP contribution is -2.44. The lowest BCUT2D eigenvalue weighted by Gasteiger charge is -2.12. The number of alkyl halides is 3. The van der Waals surface area contributed by atoms with Gasteiger partial charge in [0.1, 0.15) is 0 Å². The minimum atomic E-state index is -4.61. The average Bonchev–Trinajstić information content (AvgIpc) is 3.05. The molecule has 1 fully saturated rings. The number of nitrogens with one attached hydrogen (secondary N) is 2. The van der Waals surface area contributed by atoms with Gasteiger partial charge in [-0.15, -0.1) is 10.2 Å². The number of hydrogen-bond acceptors (Lipinski definition) is 5. The molecular weight excluding hydrogens is 335 g/mol. The number of hydrogen-bond donors (Lipinski definition) is 2. The molecule has 1 aromatic heterocycles. The Hall–Kier alpha value is -1.78. The smallest absolute Gasteiger partial charge is 0.335 e. The Kier molecular flexibility index (Phi) is 5.50. The number of nitrogens with zero attached hydrogens (tertiary/aromatic N) is 3. The molecule has 11 heteroatoms. The van der Waals surface area contributed by atoms with Crippen molar-refractivity contribution in [2.75, 3.05) is 5.75 Å². The van der Waals surface area contributed by atoms with E-state index >= 15 is 0 Å². The first-order chi connectivity index (χ1) is 10.8. The molecule has 1 aliphatic rings. The van der Waals surface area contributed by atoms with Crippen LogP contribution < -0.4 is 10.6 Å². The van der Waals surface area contributed by atoms with Gasteiger partial charge >= 0.3 is 12.2 Å². The van der Waals surface area contributed by atoms with Gasteiger partial charge in [0.25, 0.3) is 0 Å². The molecular formula is C12H16F3N5O2S. The lowest BCUT2D eigenvalue weighted by molar-refractivity contribution is -0.147. The highest BCUT2D eigenvalue weighted by molar-refractivity contribution is 7.99. The van der Waals surface area contributed by atoms with Crippen LogP contribution >= 0.6 is 11.8 Å². The number of amides is 3. The molecule has 128 valence electrons. The largest absolute Gasteiger partial charge is 0.451 e. The Morgan fingerprint density at radius 3 is 2.52 bits per heavy atom. The van der Waals surface area contributed by atoms with Crippen molar-refractivity contribution in [3.8, 4) is 0 Å². The van der Waals surface area contributed by atoms with Gasteiger partial charge in [0, 0.05) is 13.1 Å². The van der Waals surface area contributed by atoms with E-state index in [-0.39, 0.29) is 17.0 Å². The summed E-state index contributed by atoms with van der Waals surface area (Å²) in [6, 6.07) is -0.514. The Balaban J connectivity index is 1.80. The minimum absolute atomic E-state index is 0.0522. The summed E-state index contributed by atoms with van der Waals surface area (Å²) in [5.74, 6) is -1.98. The van der Waals surface area contributed by atoms with Crippen LogP contribution in [0.1, 0.15) is 31.5 Å². The highest BCUT2D eigenvalue weighted by atomic mass is 32.2. The Morgan fingerprint density at radius 1 is 1.30 bits per heavy atom. The fourth-order valence-corrected chi connectivity index (χ4v) is 2.98. The maximum atomic E-state index is 12.6. The molecule has 2 rings (SSSR count). The van der Waals surface area contributed by atoms with Crippen LogP contribution in [-0.4, -0.2) is 38.5 Å².